The first-order valence-corrected chi connectivity index (χ1v) is 8.37. The van der Waals surface area contributed by atoms with Gasteiger partial charge >= 0.3 is 0 Å². The zero-order valence-corrected chi connectivity index (χ0v) is 13.4. The number of piperidine rings is 1. The topological polar surface area (TPSA) is 23.5 Å². The first-order valence-electron chi connectivity index (χ1n) is 8.37. The average Bonchev–Trinajstić information content (AvgIpc) is 2.57. The molecule has 1 fully saturated rings. The molecule has 1 aliphatic heterocycles. The van der Waals surface area contributed by atoms with Gasteiger partial charge in [0.15, 0.2) is 0 Å². The van der Waals surface area contributed by atoms with E-state index in [1.807, 2.05) is 12.1 Å². The van der Waals surface area contributed by atoms with E-state index in [9.17, 15) is 9.50 Å². The molecule has 2 aromatic rings. The van der Waals surface area contributed by atoms with Gasteiger partial charge in [0.25, 0.3) is 0 Å². The second-order valence-corrected chi connectivity index (χ2v) is 6.57. The van der Waals surface area contributed by atoms with Crippen LogP contribution >= 0.6 is 0 Å². The molecule has 1 aliphatic rings. The van der Waals surface area contributed by atoms with Crippen LogP contribution in [0.25, 0.3) is 0 Å². The molecule has 2 nitrogen and oxygen atoms in total. The molecule has 1 saturated heterocycles. The Balaban J connectivity index is 1.50. The van der Waals surface area contributed by atoms with Crippen LogP contribution in [0, 0.1) is 5.82 Å². The van der Waals surface area contributed by atoms with E-state index in [0.29, 0.717) is 24.8 Å². The number of benzene rings is 2. The SMILES string of the molecule is OC1(Cc2ccccc2F)CCN(CCc2ccccc2)CC1. The molecule has 1 heterocycles. The summed E-state index contributed by atoms with van der Waals surface area (Å²) in [5, 5.41) is 10.8. The van der Waals surface area contributed by atoms with E-state index >= 15 is 0 Å². The summed E-state index contributed by atoms with van der Waals surface area (Å²) >= 11 is 0. The predicted molar refractivity (Wildman–Crippen MR) is 90.9 cm³/mol. The maximum atomic E-state index is 13.8. The fourth-order valence-electron chi connectivity index (χ4n) is 3.30. The fourth-order valence-corrected chi connectivity index (χ4v) is 3.30. The van der Waals surface area contributed by atoms with Gasteiger partial charge in [-0.05, 0) is 36.5 Å². The molecule has 0 spiro atoms. The number of likely N-dealkylation sites (tertiary alicyclic amines) is 1. The third-order valence-corrected chi connectivity index (χ3v) is 4.82. The van der Waals surface area contributed by atoms with Crippen molar-refractivity contribution in [3.63, 3.8) is 0 Å². The van der Waals surface area contributed by atoms with Gasteiger partial charge in [0, 0.05) is 26.1 Å². The van der Waals surface area contributed by atoms with E-state index in [1.54, 1.807) is 12.1 Å². The van der Waals surface area contributed by atoms with Crippen LogP contribution in [0.5, 0.6) is 0 Å². The molecule has 0 aromatic heterocycles. The molecular formula is C20H24FNO. The molecule has 3 rings (SSSR count). The summed E-state index contributed by atoms with van der Waals surface area (Å²) < 4.78 is 13.8. The zero-order valence-electron chi connectivity index (χ0n) is 13.4. The van der Waals surface area contributed by atoms with E-state index in [2.05, 4.69) is 29.2 Å². The molecule has 0 aliphatic carbocycles. The van der Waals surface area contributed by atoms with Crippen LogP contribution in [-0.4, -0.2) is 35.2 Å². The first kappa shape index (κ1) is 16.2. The predicted octanol–water partition coefficient (Wildman–Crippen LogP) is 3.44. The minimum Gasteiger partial charge on any atom is -0.389 e. The Bertz CT molecular complexity index is 621. The van der Waals surface area contributed by atoms with Crippen LogP contribution in [0.15, 0.2) is 54.6 Å². The minimum atomic E-state index is -0.772. The number of rotatable bonds is 5. The van der Waals surface area contributed by atoms with Gasteiger partial charge < -0.3 is 10.0 Å². The third-order valence-electron chi connectivity index (χ3n) is 4.82. The normalized spacial score (nSPS) is 18.0. The molecule has 0 radical (unpaired) electrons. The van der Waals surface area contributed by atoms with E-state index in [4.69, 9.17) is 0 Å². The van der Waals surface area contributed by atoms with Gasteiger partial charge in [-0.1, -0.05) is 48.5 Å². The number of hydrogen-bond acceptors (Lipinski definition) is 2. The lowest BCUT2D eigenvalue weighted by Gasteiger charge is -2.38. The number of halogens is 1. The van der Waals surface area contributed by atoms with Crippen molar-refractivity contribution in [3.05, 3.63) is 71.5 Å². The molecule has 0 amide bonds. The highest BCUT2D eigenvalue weighted by Crippen LogP contribution is 2.27. The standard InChI is InChI=1S/C20H24FNO/c21-19-9-5-4-8-18(19)16-20(23)11-14-22(15-12-20)13-10-17-6-2-1-3-7-17/h1-9,23H,10-16H2. The van der Waals surface area contributed by atoms with E-state index < -0.39 is 5.60 Å². The maximum Gasteiger partial charge on any atom is 0.126 e. The number of hydrogen-bond donors (Lipinski definition) is 1. The Kier molecular flexibility index (Phi) is 5.09. The van der Waals surface area contributed by atoms with Gasteiger partial charge in [-0.2, -0.15) is 0 Å². The summed E-state index contributed by atoms with van der Waals surface area (Å²) in [4.78, 5) is 2.39. The van der Waals surface area contributed by atoms with Gasteiger partial charge in [-0.15, -0.1) is 0 Å². The summed E-state index contributed by atoms with van der Waals surface area (Å²) in [7, 11) is 0. The van der Waals surface area contributed by atoms with Crippen molar-refractivity contribution in [2.75, 3.05) is 19.6 Å². The first-order chi connectivity index (χ1) is 11.1. The van der Waals surface area contributed by atoms with Crippen molar-refractivity contribution in [1.82, 2.24) is 4.90 Å². The van der Waals surface area contributed by atoms with Crippen molar-refractivity contribution in [2.24, 2.45) is 0 Å². The van der Waals surface area contributed by atoms with Crippen LogP contribution in [0.1, 0.15) is 24.0 Å². The van der Waals surface area contributed by atoms with Gasteiger partial charge in [-0.3, -0.25) is 0 Å². The van der Waals surface area contributed by atoms with Gasteiger partial charge in [0.2, 0.25) is 0 Å². The van der Waals surface area contributed by atoms with Crippen molar-refractivity contribution < 1.29 is 9.50 Å². The van der Waals surface area contributed by atoms with Crippen molar-refractivity contribution in [2.45, 2.75) is 31.3 Å². The molecule has 0 atom stereocenters. The summed E-state index contributed by atoms with van der Waals surface area (Å²) in [5.74, 6) is -0.215. The Morgan fingerprint density at radius 2 is 1.61 bits per heavy atom. The molecule has 122 valence electrons. The summed E-state index contributed by atoms with van der Waals surface area (Å²) in [5.41, 5.74) is 1.19. The molecule has 1 N–H and O–H groups in total. The van der Waals surface area contributed by atoms with Gasteiger partial charge in [0.05, 0.1) is 5.60 Å². The highest BCUT2D eigenvalue weighted by Gasteiger charge is 2.32. The average molecular weight is 313 g/mol. The van der Waals surface area contributed by atoms with Crippen LogP contribution in [0.3, 0.4) is 0 Å². The highest BCUT2D eigenvalue weighted by molar-refractivity contribution is 5.20. The Morgan fingerprint density at radius 1 is 0.957 bits per heavy atom. The second kappa shape index (κ2) is 7.24. The largest absolute Gasteiger partial charge is 0.389 e. The molecule has 2 aromatic carbocycles. The molecule has 23 heavy (non-hydrogen) atoms. The zero-order chi connectivity index (χ0) is 16.1. The molecule has 0 bridgehead atoms. The van der Waals surface area contributed by atoms with Gasteiger partial charge in [-0.25, -0.2) is 4.39 Å². The third kappa shape index (κ3) is 4.40. The van der Waals surface area contributed by atoms with E-state index in [-0.39, 0.29) is 5.82 Å². The molecule has 3 heteroatoms. The Morgan fingerprint density at radius 3 is 2.30 bits per heavy atom. The van der Waals surface area contributed by atoms with Crippen molar-refractivity contribution in [1.29, 1.82) is 0 Å². The molecule has 0 unspecified atom stereocenters. The second-order valence-electron chi connectivity index (χ2n) is 6.57. The van der Waals surface area contributed by atoms with Crippen LogP contribution in [-0.2, 0) is 12.8 Å². The number of nitrogens with zero attached hydrogens (tertiary/aromatic N) is 1. The lowest BCUT2D eigenvalue weighted by atomic mass is 9.85. The monoisotopic (exact) mass is 313 g/mol. The smallest absolute Gasteiger partial charge is 0.126 e. The van der Waals surface area contributed by atoms with Crippen molar-refractivity contribution in [3.8, 4) is 0 Å². The van der Waals surface area contributed by atoms with Gasteiger partial charge in [0.1, 0.15) is 5.82 Å². The fraction of sp³-hybridized carbons (Fsp3) is 0.400. The Hall–Kier alpha value is -1.71. The lowest BCUT2D eigenvalue weighted by Crippen LogP contribution is -2.46. The van der Waals surface area contributed by atoms with Crippen molar-refractivity contribution >= 4 is 0 Å². The minimum absolute atomic E-state index is 0.215. The van der Waals surface area contributed by atoms with Crippen LogP contribution in [0.2, 0.25) is 0 Å². The highest BCUT2D eigenvalue weighted by atomic mass is 19.1. The summed E-state index contributed by atoms with van der Waals surface area (Å²) in [6.45, 7) is 2.76. The lowest BCUT2D eigenvalue weighted by molar-refractivity contribution is -0.0208. The van der Waals surface area contributed by atoms with E-state index in [1.165, 1.54) is 11.6 Å². The number of aliphatic hydroxyl groups is 1. The summed E-state index contributed by atoms with van der Waals surface area (Å²) in [6.07, 6.45) is 2.85. The maximum absolute atomic E-state index is 13.8. The van der Waals surface area contributed by atoms with Crippen LogP contribution < -0.4 is 0 Å². The van der Waals surface area contributed by atoms with E-state index in [0.717, 1.165) is 26.1 Å². The quantitative estimate of drug-likeness (QED) is 0.914. The Labute approximate surface area is 137 Å². The summed E-state index contributed by atoms with van der Waals surface area (Å²) in [6, 6.07) is 17.2. The molecule has 0 saturated carbocycles. The van der Waals surface area contributed by atoms with Crippen LogP contribution in [0.4, 0.5) is 4.39 Å². The molecular weight excluding hydrogens is 289 g/mol.